The van der Waals surface area contributed by atoms with E-state index in [4.69, 9.17) is 0 Å². The van der Waals surface area contributed by atoms with Crippen LogP contribution in [0.1, 0.15) is 39.8 Å². The smallest absolute Gasteiger partial charge is 0.0950 e. The van der Waals surface area contributed by atoms with Gasteiger partial charge < -0.3 is 5.32 Å². The average Bonchev–Trinajstić information content (AvgIpc) is 2.89. The van der Waals surface area contributed by atoms with Crippen molar-refractivity contribution in [3.8, 4) is 0 Å². The third-order valence-electron chi connectivity index (χ3n) is 3.10. The summed E-state index contributed by atoms with van der Waals surface area (Å²) in [6, 6.07) is 2.54. The van der Waals surface area contributed by atoms with E-state index in [2.05, 4.69) is 69.0 Å². The third-order valence-corrected chi connectivity index (χ3v) is 7.57. The zero-order chi connectivity index (χ0) is 14.7. The van der Waals surface area contributed by atoms with E-state index in [-0.39, 0.29) is 0 Å². The molecule has 0 aromatic carbocycles. The lowest BCUT2D eigenvalue weighted by Crippen LogP contribution is -2.23. The fourth-order valence-corrected chi connectivity index (χ4v) is 5.07. The molecule has 20 heavy (non-hydrogen) atoms. The van der Waals surface area contributed by atoms with Gasteiger partial charge in [-0.25, -0.2) is 4.98 Å². The van der Waals surface area contributed by atoms with Crippen LogP contribution >= 0.6 is 54.5 Å². The molecule has 0 saturated carbocycles. The number of aryl methyl sites for hydroxylation is 2. The predicted octanol–water partition coefficient (Wildman–Crippen LogP) is 5.63. The first-order valence-electron chi connectivity index (χ1n) is 6.62. The predicted molar refractivity (Wildman–Crippen MR) is 96.0 cm³/mol. The van der Waals surface area contributed by atoms with E-state index in [9.17, 15) is 0 Å². The second-order valence-corrected chi connectivity index (χ2v) is 9.27. The van der Waals surface area contributed by atoms with Gasteiger partial charge in [0, 0.05) is 26.7 Å². The lowest BCUT2D eigenvalue weighted by Gasteiger charge is -2.15. The molecule has 0 saturated heterocycles. The number of aromatic nitrogens is 1. The fourth-order valence-electron chi connectivity index (χ4n) is 1.93. The van der Waals surface area contributed by atoms with Crippen LogP contribution < -0.4 is 5.32 Å². The van der Waals surface area contributed by atoms with Crippen molar-refractivity contribution in [2.24, 2.45) is 0 Å². The van der Waals surface area contributed by atoms with Crippen LogP contribution in [0.5, 0.6) is 0 Å². The van der Waals surface area contributed by atoms with Gasteiger partial charge in [-0.15, -0.1) is 22.7 Å². The van der Waals surface area contributed by atoms with Crippen molar-refractivity contribution in [3.05, 3.63) is 34.8 Å². The van der Waals surface area contributed by atoms with Crippen LogP contribution in [0.4, 0.5) is 0 Å². The Morgan fingerprint density at radius 3 is 2.55 bits per heavy atom. The molecule has 0 aliphatic carbocycles. The van der Waals surface area contributed by atoms with Gasteiger partial charge in [-0.2, -0.15) is 0 Å². The summed E-state index contributed by atoms with van der Waals surface area (Å²) in [5.74, 6) is 0. The Morgan fingerprint density at radius 2 is 2.05 bits per heavy atom. The summed E-state index contributed by atoms with van der Waals surface area (Å²) in [6.45, 7) is 7.45. The largest absolute Gasteiger partial charge is 0.309 e. The van der Waals surface area contributed by atoms with E-state index in [0.717, 1.165) is 33.3 Å². The number of nitrogens with zero attached hydrogens (tertiary/aromatic N) is 1. The van der Waals surface area contributed by atoms with Gasteiger partial charge in [0.05, 0.1) is 14.5 Å². The van der Waals surface area contributed by atoms with Gasteiger partial charge in [0.15, 0.2) is 0 Å². The highest BCUT2D eigenvalue weighted by atomic mass is 79.9. The van der Waals surface area contributed by atoms with Crippen molar-refractivity contribution in [3.63, 3.8) is 0 Å². The van der Waals surface area contributed by atoms with Gasteiger partial charge >= 0.3 is 0 Å². The molecule has 2 nitrogen and oxygen atoms in total. The quantitative estimate of drug-likeness (QED) is 0.633. The minimum atomic E-state index is 0.340. The van der Waals surface area contributed by atoms with E-state index in [1.165, 1.54) is 14.8 Å². The normalized spacial score (nSPS) is 12.8. The molecular formula is C14H18Br2N2S2. The fraction of sp³-hybridized carbons (Fsp3) is 0.500. The number of rotatable bonds is 6. The van der Waals surface area contributed by atoms with Crippen LogP contribution in [-0.2, 0) is 6.42 Å². The maximum absolute atomic E-state index is 4.67. The lowest BCUT2D eigenvalue weighted by atomic mass is 10.1. The SMILES string of the molecule is CCCNC(Cc1nc(C)c(C)s1)c1cc(Br)c(Br)s1. The Labute approximate surface area is 145 Å². The molecule has 110 valence electrons. The Morgan fingerprint density at radius 1 is 1.30 bits per heavy atom. The molecule has 0 fully saturated rings. The molecule has 0 amide bonds. The van der Waals surface area contributed by atoms with Crippen molar-refractivity contribution in [1.29, 1.82) is 0 Å². The zero-order valence-electron chi connectivity index (χ0n) is 11.8. The summed E-state index contributed by atoms with van der Waals surface area (Å²) >= 11 is 10.8. The van der Waals surface area contributed by atoms with Crippen molar-refractivity contribution >= 4 is 54.5 Å². The van der Waals surface area contributed by atoms with Crippen molar-refractivity contribution in [2.75, 3.05) is 6.54 Å². The molecule has 1 N–H and O–H groups in total. The van der Waals surface area contributed by atoms with E-state index in [1.807, 2.05) is 11.3 Å². The average molecular weight is 438 g/mol. The van der Waals surface area contributed by atoms with Gasteiger partial charge in [0.25, 0.3) is 0 Å². The highest BCUT2D eigenvalue weighted by molar-refractivity contribution is 9.13. The molecule has 0 bridgehead atoms. The van der Waals surface area contributed by atoms with E-state index in [1.54, 1.807) is 11.3 Å². The molecule has 2 rings (SSSR count). The molecule has 0 radical (unpaired) electrons. The summed E-state index contributed by atoms with van der Waals surface area (Å²) in [5, 5.41) is 4.86. The van der Waals surface area contributed by atoms with Crippen molar-refractivity contribution in [2.45, 2.75) is 39.7 Å². The zero-order valence-corrected chi connectivity index (χ0v) is 16.6. The Bertz CT molecular complexity index is 539. The Balaban J connectivity index is 2.18. The second-order valence-electron chi connectivity index (χ2n) is 4.73. The van der Waals surface area contributed by atoms with E-state index >= 15 is 0 Å². The molecule has 2 aromatic heterocycles. The van der Waals surface area contributed by atoms with Gasteiger partial charge in [0.2, 0.25) is 0 Å². The Kier molecular flexibility index (Phi) is 6.23. The second kappa shape index (κ2) is 7.49. The van der Waals surface area contributed by atoms with E-state index in [0.29, 0.717) is 6.04 Å². The maximum Gasteiger partial charge on any atom is 0.0950 e. The summed E-state index contributed by atoms with van der Waals surface area (Å²) < 4.78 is 2.29. The number of nitrogens with one attached hydrogen (secondary N) is 1. The third kappa shape index (κ3) is 4.13. The first-order chi connectivity index (χ1) is 9.51. The number of thiophene rings is 1. The standard InChI is InChI=1S/C14H18Br2N2S2/c1-4-5-17-11(12-6-10(15)14(16)20-12)7-13-18-8(2)9(3)19-13/h6,11,17H,4-5,7H2,1-3H3. The first kappa shape index (κ1) is 16.6. The molecule has 0 spiro atoms. The van der Waals surface area contributed by atoms with Gasteiger partial charge in [-0.1, -0.05) is 6.92 Å². The highest BCUT2D eigenvalue weighted by Crippen LogP contribution is 2.37. The van der Waals surface area contributed by atoms with Crippen LogP contribution in [-0.4, -0.2) is 11.5 Å². The van der Waals surface area contributed by atoms with Crippen LogP contribution in [0.15, 0.2) is 14.3 Å². The highest BCUT2D eigenvalue weighted by Gasteiger charge is 2.18. The maximum atomic E-state index is 4.67. The summed E-state index contributed by atoms with van der Waals surface area (Å²) in [6.07, 6.45) is 2.10. The Hall–Kier alpha value is 0.250. The molecular weight excluding hydrogens is 420 g/mol. The molecule has 1 atom stereocenters. The van der Waals surface area contributed by atoms with Gasteiger partial charge in [-0.05, 0) is 64.7 Å². The van der Waals surface area contributed by atoms with Crippen molar-refractivity contribution < 1.29 is 0 Å². The lowest BCUT2D eigenvalue weighted by molar-refractivity contribution is 0.535. The minimum Gasteiger partial charge on any atom is -0.309 e. The molecule has 0 aliphatic heterocycles. The topological polar surface area (TPSA) is 24.9 Å². The number of hydrogen-bond acceptors (Lipinski definition) is 4. The molecule has 1 unspecified atom stereocenters. The van der Waals surface area contributed by atoms with Crippen LogP contribution in [0.3, 0.4) is 0 Å². The van der Waals surface area contributed by atoms with Gasteiger partial charge in [0.1, 0.15) is 0 Å². The minimum absolute atomic E-state index is 0.340. The summed E-state index contributed by atoms with van der Waals surface area (Å²) in [4.78, 5) is 7.34. The first-order valence-corrected chi connectivity index (χ1v) is 9.84. The molecule has 6 heteroatoms. The molecule has 2 aromatic rings. The summed E-state index contributed by atoms with van der Waals surface area (Å²) in [7, 11) is 0. The van der Waals surface area contributed by atoms with E-state index < -0.39 is 0 Å². The van der Waals surface area contributed by atoms with Gasteiger partial charge in [-0.3, -0.25) is 0 Å². The number of thiazole rings is 1. The summed E-state index contributed by atoms with van der Waals surface area (Å²) in [5.41, 5.74) is 1.16. The number of hydrogen-bond donors (Lipinski definition) is 1. The molecule has 0 aliphatic rings. The van der Waals surface area contributed by atoms with Crippen LogP contribution in [0.25, 0.3) is 0 Å². The molecule has 2 heterocycles. The van der Waals surface area contributed by atoms with Crippen LogP contribution in [0, 0.1) is 13.8 Å². The van der Waals surface area contributed by atoms with Crippen LogP contribution in [0.2, 0.25) is 0 Å². The monoisotopic (exact) mass is 436 g/mol. The number of halogens is 2. The van der Waals surface area contributed by atoms with Crippen molar-refractivity contribution in [1.82, 2.24) is 10.3 Å².